The van der Waals surface area contributed by atoms with Gasteiger partial charge in [0.05, 0.1) is 19.6 Å². The lowest BCUT2D eigenvalue weighted by Crippen LogP contribution is -2.38. The largest absolute Gasteiger partial charge is 0.496 e. The first kappa shape index (κ1) is 16.3. The minimum Gasteiger partial charge on any atom is -0.496 e. The normalized spacial score (nSPS) is 11.1. The summed E-state index contributed by atoms with van der Waals surface area (Å²) in [5.74, 6) is -0.947. The maximum absolute atomic E-state index is 12.0. The SMILES string of the molecule is COc1cc(NC(=O)N(C)C(C)CC#N)ccc1C(=O)O. The number of aromatic carboxylic acids is 1. The zero-order valence-corrected chi connectivity index (χ0v) is 12.1. The smallest absolute Gasteiger partial charge is 0.339 e. The Bertz CT molecular complexity index is 580. The number of carboxylic acids is 1. The molecule has 0 aromatic heterocycles. The number of rotatable bonds is 5. The van der Waals surface area contributed by atoms with E-state index in [0.717, 1.165) is 0 Å². The summed E-state index contributed by atoms with van der Waals surface area (Å²) in [7, 11) is 2.94. The quantitative estimate of drug-likeness (QED) is 0.865. The van der Waals surface area contributed by atoms with Crippen molar-refractivity contribution in [2.45, 2.75) is 19.4 Å². The summed E-state index contributed by atoms with van der Waals surface area (Å²) in [5.41, 5.74) is 0.430. The molecular weight excluding hydrogens is 274 g/mol. The Hall–Kier alpha value is -2.75. The molecule has 0 bridgehead atoms. The van der Waals surface area contributed by atoms with Gasteiger partial charge < -0.3 is 20.1 Å². The van der Waals surface area contributed by atoms with Crippen LogP contribution in [0, 0.1) is 11.3 Å². The average molecular weight is 291 g/mol. The van der Waals surface area contributed by atoms with Crippen LogP contribution in [0.25, 0.3) is 0 Å². The highest BCUT2D eigenvalue weighted by molar-refractivity contribution is 5.94. The van der Waals surface area contributed by atoms with Gasteiger partial charge in [0.15, 0.2) is 0 Å². The fourth-order valence-corrected chi connectivity index (χ4v) is 1.63. The lowest BCUT2D eigenvalue weighted by molar-refractivity contribution is 0.0693. The summed E-state index contributed by atoms with van der Waals surface area (Å²) in [6, 6.07) is 5.66. The molecule has 7 nitrogen and oxygen atoms in total. The lowest BCUT2D eigenvalue weighted by Gasteiger charge is -2.23. The average Bonchev–Trinajstić information content (AvgIpc) is 2.46. The Morgan fingerprint density at radius 2 is 2.19 bits per heavy atom. The Kier molecular flexibility index (Phi) is 5.55. The van der Waals surface area contributed by atoms with E-state index in [-0.39, 0.29) is 29.8 Å². The first-order valence-corrected chi connectivity index (χ1v) is 6.22. The van der Waals surface area contributed by atoms with Crippen molar-refractivity contribution in [2.24, 2.45) is 0 Å². The molecule has 0 heterocycles. The van der Waals surface area contributed by atoms with Gasteiger partial charge >= 0.3 is 12.0 Å². The van der Waals surface area contributed by atoms with Gasteiger partial charge in [-0.15, -0.1) is 0 Å². The van der Waals surface area contributed by atoms with Crippen LogP contribution < -0.4 is 10.1 Å². The van der Waals surface area contributed by atoms with E-state index >= 15 is 0 Å². The van der Waals surface area contributed by atoms with Crippen molar-refractivity contribution >= 4 is 17.7 Å². The molecule has 112 valence electrons. The summed E-state index contributed by atoms with van der Waals surface area (Å²) in [6.45, 7) is 1.76. The van der Waals surface area contributed by atoms with E-state index < -0.39 is 5.97 Å². The highest BCUT2D eigenvalue weighted by atomic mass is 16.5. The van der Waals surface area contributed by atoms with E-state index in [0.29, 0.717) is 5.69 Å². The zero-order chi connectivity index (χ0) is 16.0. The van der Waals surface area contributed by atoms with E-state index in [1.807, 2.05) is 6.07 Å². The number of ether oxygens (including phenoxy) is 1. The van der Waals surface area contributed by atoms with Crippen molar-refractivity contribution in [1.29, 1.82) is 5.26 Å². The number of benzene rings is 1. The third kappa shape index (κ3) is 4.11. The fourth-order valence-electron chi connectivity index (χ4n) is 1.63. The van der Waals surface area contributed by atoms with E-state index in [9.17, 15) is 9.59 Å². The summed E-state index contributed by atoms with van der Waals surface area (Å²) in [4.78, 5) is 24.4. The summed E-state index contributed by atoms with van der Waals surface area (Å²) < 4.78 is 4.99. The topological polar surface area (TPSA) is 103 Å². The molecule has 1 aromatic rings. The molecule has 1 aromatic carbocycles. The van der Waals surface area contributed by atoms with Gasteiger partial charge in [-0.3, -0.25) is 0 Å². The van der Waals surface area contributed by atoms with Crippen molar-refractivity contribution in [1.82, 2.24) is 4.90 Å². The van der Waals surface area contributed by atoms with Crippen molar-refractivity contribution in [3.8, 4) is 11.8 Å². The second-order valence-corrected chi connectivity index (χ2v) is 4.47. The lowest BCUT2D eigenvalue weighted by atomic mass is 10.2. The van der Waals surface area contributed by atoms with E-state index in [1.54, 1.807) is 14.0 Å². The molecule has 7 heteroatoms. The molecule has 0 radical (unpaired) electrons. The van der Waals surface area contributed by atoms with E-state index in [2.05, 4.69) is 5.32 Å². The number of amides is 2. The monoisotopic (exact) mass is 291 g/mol. The molecule has 0 aliphatic heterocycles. The number of nitriles is 1. The van der Waals surface area contributed by atoms with Crippen LogP contribution >= 0.6 is 0 Å². The van der Waals surface area contributed by atoms with Gasteiger partial charge in [0.25, 0.3) is 0 Å². The molecule has 0 spiro atoms. The third-order valence-electron chi connectivity index (χ3n) is 3.05. The van der Waals surface area contributed by atoms with E-state index in [4.69, 9.17) is 15.1 Å². The van der Waals surface area contributed by atoms with Crippen LogP contribution in [0.1, 0.15) is 23.7 Å². The number of carbonyl (C=O) groups excluding carboxylic acids is 1. The summed E-state index contributed by atoms with van der Waals surface area (Å²) >= 11 is 0. The van der Waals surface area contributed by atoms with Gasteiger partial charge in [-0.2, -0.15) is 5.26 Å². The molecule has 2 amide bonds. The number of nitrogens with one attached hydrogen (secondary N) is 1. The Balaban J connectivity index is 2.86. The molecule has 1 atom stereocenters. The van der Waals surface area contributed by atoms with Crippen LogP contribution in [0.15, 0.2) is 18.2 Å². The predicted molar refractivity (Wildman–Crippen MR) is 76.4 cm³/mol. The van der Waals surface area contributed by atoms with Gasteiger partial charge in [-0.25, -0.2) is 9.59 Å². The summed E-state index contributed by atoms with van der Waals surface area (Å²) in [6.07, 6.45) is 0.227. The van der Waals surface area contributed by atoms with Crippen LogP contribution in [0.2, 0.25) is 0 Å². The van der Waals surface area contributed by atoms with Crippen LogP contribution in [0.5, 0.6) is 5.75 Å². The number of hydrogen-bond acceptors (Lipinski definition) is 4. The Labute approximate surface area is 122 Å². The van der Waals surface area contributed by atoms with Crippen LogP contribution in [-0.2, 0) is 0 Å². The van der Waals surface area contributed by atoms with Gasteiger partial charge in [0.1, 0.15) is 11.3 Å². The van der Waals surface area contributed by atoms with Crippen molar-refractivity contribution in [3.05, 3.63) is 23.8 Å². The highest BCUT2D eigenvalue weighted by Crippen LogP contribution is 2.23. The third-order valence-corrected chi connectivity index (χ3v) is 3.05. The number of methoxy groups -OCH3 is 1. The maximum Gasteiger partial charge on any atom is 0.339 e. The number of nitrogens with zero attached hydrogens (tertiary/aromatic N) is 2. The predicted octanol–water partition coefficient (Wildman–Crippen LogP) is 2.16. The molecule has 0 saturated carbocycles. The number of anilines is 1. The van der Waals surface area contributed by atoms with Crippen LogP contribution in [0.4, 0.5) is 10.5 Å². The minimum atomic E-state index is -1.11. The molecule has 0 aliphatic rings. The van der Waals surface area contributed by atoms with Gasteiger partial charge in [0, 0.05) is 24.8 Å². The van der Waals surface area contributed by atoms with Gasteiger partial charge in [-0.1, -0.05) is 0 Å². The fraction of sp³-hybridized carbons (Fsp3) is 0.357. The molecule has 0 aliphatic carbocycles. The van der Waals surface area contributed by atoms with Crippen LogP contribution in [-0.4, -0.2) is 42.2 Å². The Morgan fingerprint density at radius 3 is 2.71 bits per heavy atom. The summed E-state index contributed by atoms with van der Waals surface area (Å²) in [5, 5.41) is 20.2. The second kappa shape index (κ2) is 7.14. The maximum atomic E-state index is 12.0. The van der Waals surface area contributed by atoms with Crippen molar-refractivity contribution in [2.75, 3.05) is 19.5 Å². The number of hydrogen-bond donors (Lipinski definition) is 2. The standard InChI is InChI=1S/C14H17N3O4/c1-9(6-7-15)17(2)14(20)16-10-4-5-11(13(18)19)12(8-10)21-3/h4-5,8-9H,6H2,1-3H3,(H,16,20)(H,18,19). The van der Waals surface area contributed by atoms with Crippen molar-refractivity contribution in [3.63, 3.8) is 0 Å². The molecule has 21 heavy (non-hydrogen) atoms. The van der Waals surface area contributed by atoms with Crippen molar-refractivity contribution < 1.29 is 19.4 Å². The first-order chi connectivity index (χ1) is 9.90. The minimum absolute atomic E-state index is 0.0155. The molecule has 2 N–H and O–H groups in total. The number of urea groups is 1. The van der Waals surface area contributed by atoms with Crippen LogP contribution in [0.3, 0.4) is 0 Å². The molecule has 0 saturated heterocycles. The number of carbonyl (C=O) groups is 2. The van der Waals surface area contributed by atoms with Gasteiger partial charge in [-0.05, 0) is 19.1 Å². The highest BCUT2D eigenvalue weighted by Gasteiger charge is 2.17. The molecule has 1 unspecified atom stereocenters. The molecular formula is C14H17N3O4. The Morgan fingerprint density at radius 1 is 1.52 bits per heavy atom. The van der Waals surface area contributed by atoms with Gasteiger partial charge in [0.2, 0.25) is 0 Å². The van der Waals surface area contributed by atoms with E-state index in [1.165, 1.54) is 30.2 Å². The second-order valence-electron chi connectivity index (χ2n) is 4.47. The number of carboxylic acid groups (broad SMARTS) is 1. The molecule has 0 fully saturated rings. The molecule has 1 rings (SSSR count). The first-order valence-electron chi connectivity index (χ1n) is 6.22. The zero-order valence-electron chi connectivity index (χ0n) is 12.1.